The number of aromatic nitrogens is 1. The minimum atomic E-state index is -0.151. The zero-order chi connectivity index (χ0) is 21.7. The van der Waals surface area contributed by atoms with Crippen LogP contribution in [0.15, 0.2) is 24.3 Å². The Morgan fingerprint density at radius 3 is 2.17 bits per heavy atom. The summed E-state index contributed by atoms with van der Waals surface area (Å²) in [5.41, 5.74) is 3.61. The Labute approximate surface area is 177 Å². The summed E-state index contributed by atoms with van der Waals surface area (Å²) in [6, 6.07) is 7.57. The van der Waals surface area contributed by atoms with Crippen molar-refractivity contribution in [2.45, 2.75) is 20.3 Å². The van der Waals surface area contributed by atoms with Gasteiger partial charge in [0.1, 0.15) is 17.2 Å². The Hall–Kier alpha value is -3.16. The lowest BCUT2D eigenvalue weighted by Crippen LogP contribution is -2.50. The normalized spacial score (nSPS) is 13.8. The van der Waals surface area contributed by atoms with Crippen LogP contribution >= 0.6 is 0 Å². The summed E-state index contributed by atoms with van der Waals surface area (Å²) in [6.45, 7) is 6.67. The fraction of sp³-hybridized carbons (Fsp3) is 0.455. The van der Waals surface area contributed by atoms with E-state index >= 15 is 0 Å². The molecule has 0 unspecified atom stereocenters. The average Bonchev–Trinajstić information content (AvgIpc) is 2.78. The van der Waals surface area contributed by atoms with Gasteiger partial charge < -0.3 is 29.3 Å². The lowest BCUT2D eigenvalue weighted by molar-refractivity contribution is 0.208. The van der Waals surface area contributed by atoms with Gasteiger partial charge >= 0.3 is 6.03 Å². The van der Waals surface area contributed by atoms with Crippen LogP contribution < -0.4 is 24.4 Å². The highest BCUT2D eigenvalue weighted by Gasteiger charge is 2.23. The second kappa shape index (κ2) is 9.56. The van der Waals surface area contributed by atoms with Crippen molar-refractivity contribution < 1.29 is 19.0 Å². The van der Waals surface area contributed by atoms with Crippen LogP contribution in [0.25, 0.3) is 0 Å². The number of hydrogen-bond donors (Lipinski definition) is 1. The van der Waals surface area contributed by atoms with Gasteiger partial charge in [-0.1, -0.05) is 6.92 Å². The summed E-state index contributed by atoms with van der Waals surface area (Å²) in [4.78, 5) is 21.3. The van der Waals surface area contributed by atoms with E-state index in [9.17, 15) is 4.79 Å². The van der Waals surface area contributed by atoms with Crippen molar-refractivity contribution in [1.82, 2.24) is 9.88 Å². The van der Waals surface area contributed by atoms with Crippen LogP contribution in [0.1, 0.15) is 18.2 Å². The average molecular weight is 415 g/mol. The standard InChI is InChI=1S/C22H30N4O4/c1-6-19-15(2)11-20(21(23-19)30-5)24-22(27)26-9-7-25(8-10-26)16-12-17(28-3)14-18(13-16)29-4/h11-14H,6-10H2,1-5H3,(H,24,27). The van der Waals surface area contributed by atoms with E-state index in [0.717, 1.165) is 34.9 Å². The second-order valence-corrected chi connectivity index (χ2v) is 7.14. The molecule has 0 saturated carbocycles. The first-order chi connectivity index (χ1) is 14.5. The summed E-state index contributed by atoms with van der Waals surface area (Å²) in [7, 11) is 4.84. The molecule has 1 aliphatic rings. The molecule has 0 spiro atoms. The number of anilines is 2. The third-order valence-corrected chi connectivity index (χ3v) is 5.32. The number of hydrogen-bond acceptors (Lipinski definition) is 6. The molecular weight excluding hydrogens is 384 g/mol. The van der Waals surface area contributed by atoms with Gasteiger partial charge in [-0.05, 0) is 25.0 Å². The maximum absolute atomic E-state index is 12.8. The summed E-state index contributed by atoms with van der Waals surface area (Å²) in [5, 5.41) is 2.96. The SMILES string of the molecule is CCc1nc(OC)c(NC(=O)N2CCN(c3cc(OC)cc(OC)c3)CC2)cc1C. The maximum Gasteiger partial charge on any atom is 0.322 e. The fourth-order valence-electron chi connectivity index (χ4n) is 3.57. The molecule has 8 heteroatoms. The van der Waals surface area contributed by atoms with E-state index in [0.29, 0.717) is 37.7 Å². The van der Waals surface area contributed by atoms with Crippen molar-refractivity contribution in [1.29, 1.82) is 0 Å². The van der Waals surface area contributed by atoms with E-state index in [1.165, 1.54) is 0 Å². The van der Waals surface area contributed by atoms with E-state index in [4.69, 9.17) is 14.2 Å². The molecule has 0 atom stereocenters. The van der Waals surface area contributed by atoms with Crippen molar-refractivity contribution in [2.75, 3.05) is 57.7 Å². The first-order valence-electron chi connectivity index (χ1n) is 10.1. The summed E-state index contributed by atoms with van der Waals surface area (Å²) >= 11 is 0. The van der Waals surface area contributed by atoms with Gasteiger partial charge in [-0.2, -0.15) is 0 Å². The molecule has 1 aliphatic heterocycles. The second-order valence-electron chi connectivity index (χ2n) is 7.14. The molecule has 1 N–H and O–H groups in total. The monoisotopic (exact) mass is 414 g/mol. The molecule has 1 fully saturated rings. The highest BCUT2D eigenvalue weighted by Crippen LogP contribution is 2.29. The van der Waals surface area contributed by atoms with Gasteiger partial charge in [-0.3, -0.25) is 0 Å². The number of rotatable bonds is 6. The van der Waals surface area contributed by atoms with E-state index in [2.05, 4.69) is 15.2 Å². The smallest absolute Gasteiger partial charge is 0.322 e. The molecule has 0 radical (unpaired) electrons. The number of methoxy groups -OCH3 is 3. The maximum atomic E-state index is 12.8. The molecule has 3 rings (SSSR count). The van der Waals surface area contributed by atoms with Gasteiger partial charge in [-0.15, -0.1) is 0 Å². The number of benzene rings is 1. The zero-order valence-electron chi connectivity index (χ0n) is 18.3. The molecule has 1 saturated heterocycles. The van der Waals surface area contributed by atoms with Crippen LogP contribution in [-0.4, -0.2) is 63.4 Å². The number of aryl methyl sites for hydroxylation is 2. The Balaban J connectivity index is 1.66. The lowest BCUT2D eigenvalue weighted by Gasteiger charge is -2.36. The van der Waals surface area contributed by atoms with Crippen LogP contribution in [-0.2, 0) is 6.42 Å². The summed E-state index contributed by atoms with van der Waals surface area (Å²) in [6.07, 6.45) is 0.813. The van der Waals surface area contributed by atoms with Crippen molar-refractivity contribution in [3.8, 4) is 17.4 Å². The van der Waals surface area contributed by atoms with Crippen molar-refractivity contribution in [3.63, 3.8) is 0 Å². The quantitative estimate of drug-likeness (QED) is 0.781. The third kappa shape index (κ3) is 4.69. The summed E-state index contributed by atoms with van der Waals surface area (Å²) < 4.78 is 16.1. The number of nitrogens with one attached hydrogen (secondary N) is 1. The Morgan fingerprint density at radius 2 is 1.63 bits per heavy atom. The number of amides is 2. The molecule has 162 valence electrons. The molecule has 1 aromatic carbocycles. The largest absolute Gasteiger partial charge is 0.497 e. The minimum Gasteiger partial charge on any atom is -0.497 e. The van der Waals surface area contributed by atoms with Gasteiger partial charge in [0.15, 0.2) is 0 Å². The van der Waals surface area contributed by atoms with E-state index in [1.54, 1.807) is 26.2 Å². The van der Waals surface area contributed by atoms with Crippen LogP contribution in [0.3, 0.4) is 0 Å². The Kier molecular flexibility index (Phi) is 6.87. The van der Waals surface area contributed by atoms with Gasteiger partial charge in [0.25, 0.3) is 0 Å². The number of carbonyl (C=O) groups excluding carboxylic acids is 1. The molecule has 1 aromatic heterocycles. The minimum absolute atomic E-state index is 0.151. The molecule has 2 aromatic rings. The molecule has 8 nitrogen and oxygen atoms in total. The van der Waals surface area contributed by atoms with E-state index < -0.39 is 0 Å². The molecular formula is C22H30N4O4. The first-order valence-corrected chi connectivity index (χ1v) is 10.1. The first kappa shape index (κ1) is 21.5. The summed E-state index contributed by atoms with van der Waals surface area (Å²) in [5.74, 6) is 1.93. The number of piperazine rings is 1. The Morgan fingerprint density at radius 1 is 1.00 bits per heavy atom. The van der Waals surface area contributed by atoms with Crippen molar-refractivity contribution >= 4 is 17.4 Å². The topological polar surface area (TPSA) is 76.2 Å². The van der Waals surface area contributed by atoms with Gasteiger partial charge in [0.2, 0.25) is 5.88 Å². The molecule has 30 heavy (non-hydrogen) atoms. The molecule has 2 amide bonds. The van der Waals surface area contributed by atoms with Crippen molar-refractivity contribution in [2.24, 2.45) is 0 Å². The lowest BCUT2D eigenvalue weighted by atomic mass is 10.1. The van der Waals surface area contributed by atoms with Crippen LogP contribution in [0.5, 0.6) is 17.4 Å². The van der Waals surface area contributed by atoms with Crippen LogP contribution in [0.4, 0.5) is 16.2 Å². The zero-order valence-corrected chi connectivity index (χ0v) is 18.3. The predicted molar refractivity (Wildman–Crippen MR) is 117 cm³/mol. The van der Waals surface area contributed by atoms with E-state index in [1.807, 2.05) is 38.1 Å². The Bertz CT molecular complexity index is 873. The van der Waals surface area contributed by atoms with Gasteiger partial charge in [-0.25, -0.2) is 9.78 Å². The van der Waals surface area contributed by atoms with Crippen molar-refractivity contribution in [3.05, 3.63) is 35.5 Å². The highest BCUT2D eigenvalue weighted by atomic mass is 16.5. The fourth-order valence-corrected chi connectivity index (χ4v) is 3.57. The third-order valence-electron chi connectivity index (χ3n) is 5.32. The number of nitrogens with zero attached hydrogens (tertiary/aromatic N) is 3. The highest BCUT2D eigenvalue weighted by molar-refractivity contribution is 5.91. The number of pyridine rings is 1. The number of urea groups is 1. The van der Waals surface area contributed by atoms with Gasteiger partial charge in [0.05, 0.1) is 21.3 Å². The molecule has 0 bridgehead atoms. The molecule has 0 aliphatic carbocycles. The number of ether oxygens (including phenoxy) is 3. The van der Waals surface area contributed by atoms with E-state index in [-0.39, 0.29) is 6.03 Å². The molecule has 2 heterocycles. The van der Waals surface area contributed by atoms with Crippen LogP contribution in [0.2, 0.25) is 0 Å². The van der Waals surface area contributed by atoms with Crippen LogP contribution in [0, 0.1) is 6.92 Å². The number of carbonyl (C=O) groups is 1. The van der Waals surface area contributed by atoms with Gasteiger partial charge in [0, 0.05) is 55.8 Å². The predicted octanol–water partition coefficient (Wildman–Crippen LogP) is 3.33.